The van der Waals surface area contributed by atoms with E-state index in [0.29, 0.717) is 18.1 Å². The molecule has 5 nitrogen and oxygen atoms in total. The monoisotopic (exact) mass is 325 g/mol. The minimum atomic E-state index is -0.160. The van der Waals surface area contributed by atoms with E-state index in [1.165, 1.54) is 6.42 Å². The van der Waals surface area contributed by atoms with E-state index >= 15 is 0 Å². The first-order chi connectivity index (χ1) is 10.7. The van der Waals surface area contributed by atoms with Crippen LogP contribution in [0.5, 0.6) is 0 Å². The molecule has 2 unspecified atom stereocenters. The molecule has 1 aliphatic carbocycles. The van der Waals surface area contributed by atoms with Gasteiger partial charge in [-0.05, 0) is 30.9 Å². The zero-order valence-electron chi connectivity index (χ0n) is 12.7. The van der Waals surface area contributed by atoms with Gasteiger partial charge in [0.1, 0.15) is 5.15 Å². The number of hydrogen-bond acceptors (Lipinski definition) is 3. The number of nitrogens with one attached hydrogen (secondary N) is 2. The van der Waals surface area contributed by atoms with E-state index in [1.807, 2.05) is 6.07 Å². The van der Waals surface area contributed by atoms with E-state index in [0.717, 1.165) is 31.2 Å². The summed E-state index contributed by atoms with van der Waals surface area (Å²) in [4.78, 5) is 16.0. The van der Waals surface area contributed by atoms with Crippen LogP contribution in [-0.2, 0) is 6.42 Å². The molecule has 0 spiro atoms. The summed E-state index contributed by atoms with van der Waals surface area (Å²) in [7, 11) is 0. The van der Waals surface area contributed by atoms with E-state index in [9.17, 15) is 9.90 Å². The summed E-state index contributed by atoms with van der Waals surface area (Å²) in [5, 5.41) is 15.8. The van der Waals surface area contributed by atoms with Gasteiger partial charge in [0.25, 0.3) is 0 Å². The van der Waals surface area contributed by atoms with E-state index in [1.54, 1.807) is 12.3 Å². The Hall–Kier alpha value is -1.33. The van der Waals surface area contributed by atoms with Gasteiger partial charge in [-0.15, -0.1) is 0 Å². The Labute approximate surface area is 136 Å². The van der Waals surface area contributed by atoms with Crippen LogP contribution >= 0.6 is 11.6 Å². The molecule has 1 saturated carbocycles. The van der Waals surface area contributed by atoms with Gasteiger partial charge in [0.05, 0.1) is 0 Å². The number of carbonyl (C=O) groups is 1. The maximum atomic E-state index is 12.0. The Morgan fingerprint density at radius 2 is 2.14 bits per heavy atom. The maximum Gasteiger partial charge on any atom is 0.315 e. The number of hydrogen-bond donors (Lipinski definition) is 3. The Morgan fingerprint density at radius 3 is 2.86 bits per heavy atom. The standard InChI is InChI=1S/C16H24ClN3O2/c17-15-7-6-12(10-19-15)8-9-18-16(22)20-14-5-3-1-2-4-13(14)11-21/h6-7,10,13-14,21H,1-5,8-9,11H2,(H2,18,20,22). The summed E-state index contributed by atoms with van der Waals surface area (Å²) in [5.41, 5.74) is 1.03. The van der Waals surface area contributed by atoms with Crippen LogP contribution in [0.4, 0.5) is 4.79 Å². The number of aliphatic hydroxyl groups is 1. The fraction of sp³-hybridized carbons (Fsp3) is 0.625. The summed E-state index contributed by atoms with van der Waals surface area (Å²) >= 11 is 5.73. The molecule has 0 bridgehead atoms. The van der Waals surface area contributed by atoms with Gasteiger partial charge in [-0.1, -0.05) is 36.9 Å². The van der Waals surface area contributed by atoms with Gasteiger partial charge in [-0.3, -0.25) is 0 Å². The summed E-state index contributed by atoms with van der Waals surface area (Å²) in [6, 6.07) is 3.56. The predicted octanol–water partition coefficient (Wildman–Crippen LogP) is 2.52. The van der Waals surface area contributed by atoms with E-state index in [-0.39, 0.29) is 24.6 Å². The molecule has 2 amide bonds. The van der Waals surface area contributed by atoms with Gasteiger partial charge >= 0.3 is 6.03 Å². The number of pyridine rings is 1. The quantitative estimate of drug-likeness (QED) is 0.575. The zero-order chi connectivity index (χ0) is 15.8. The molecular weight excluding hydrogens is 302 g/mol. The molecule has 6 heteroatoms. The van der Waals surface area contributed by atoms with Crippen molar-refractivity contribution in [1.82, 2.24) is 15.6 Å². The molecule has 2 rings (SSSR count). The molecular formula is C16H24ClN3O2. The van der Waals surface area contributed by atoms with Crippen molar-refractivity contribution in [2.45, 2.75) is 44.6 Å². The fourth-order valence-electron chi connectivity index (χ4n) is 2.89. The largest absolute Gasteiger partial charge is 0.396 e. The molecule has 0 radical (unpaired) electrons. The van der Waals surface area contributed by atoms with Gasteiger partial charge in [0.2, 0.25) is 0 Å². The van der Waals surface area contributed by atoms with E-state index in [2.05, 4.69) is 15.6 Å². The first-order valence-electron chi connectivity index (χ1n) is 7.94. The number of carbonyl (C=O) groups excluding carboxylic acids is 1. The number of halogens is 1. The smallest absolute Gasteiger partial charge is 0.315 e. The second kappa shape index (κ2) is 8.96. The second-order valence-electron chi connectivity index (χ2n) is 5.83. The lowest BCUT2D eigenvalue weighted by Crippen LogP contribution is -2.46. The van der Waals surface area contributed by atoms with Crippen LogP contribution in [0.15, 0.2) is 18.3 Å². The summed E-state index contributed by atoms with van der Waals surface area (Å²) in [5.74, 6) is 0.175. The van der Waals surface area contributed by atoms with Gasteiger partial charge < -0.3 is 15.7 Å². The van der Waals surface area contributed by atoms with Gasteiger partial charge in [-0.25, -0.2) is 9.78 Å². The van der Waals surface area contributed by atoms with Crippen LogP contribution in [0.25, 0.3) is 0 Å². The molecule has 2 atom stereocenters. The van der Waals surface area contributed by atoms with Crippen molar-refractivity contribution in [3.8, 4) is 0 Å². The highest BCUT2D eigenvalue weighted by Crippen LogP contribution is 2.23. The highest BCUT2D eigenvalue weighted by atomic mass is 35.5. The van der Waals surface area contributed by atoms with Crippen LogP contribution < -0.4 is 10.6 Å². The lowest BCUT2D eigenvalue weighted by Gasteiger charge is -2.24. The number of nitrogens with zero attached hydrogens (tertiary/aromatic N) is 1. The predicted molar refractivity (Wildman–Crippen MR) is 86.9 cm³/mol. The number of amides is 2. The molecule has 1 heterocycles. The summed E-state index contributed by atoms with van der Waals surface area (Å²) in [6.45, 7) is 0.688. The highest BCUT2D eigenvalue weighted by molar-refractivity contribution is 6.29. The highest BCUT2D eigenvalue weighted by Gasteiger charge is 2.24. The second-order valence-corrected chi connectivity index (χ2v) is 6.21. The molecule has 1 aromatic rings. The minimum Gasteiger partial charge on any atom is -0.396 e. The lowest BCUT2D eigenvalue weighted by molar-refractivity contribution is 0.179. The Morgan fingerprint density at radius 1 is 1.32 bits per heavy atom. The van der Waals surface area contributed by atoms with Crippen LogP contribution in [0, 0.1) is 5.92 Å². The fourth-order valence-corrected chi connectivity index (χ4v) is 3.00. The van der Waals surface area contributed by atoms with Crippen molar-refractivity contribution in [3.05, 3.63) is 29.0 Å². The molecule has 0 saturated heterocycles. The summed E-state index contributed by atoms with van der Waals surface area (Å²) < 4.78 is 0. The topological polar surface area (TPSA) is 74.2 Å². The van der Waals surface area contributed by atoms with Crippen LogP contribution in [0.2, 0.25) is 5.15 Å². The summed E-state index contributed by atoms with van der Waals surface area (Å²) in [6.07, 6.45) is 7.78. The lowest BCUT2D eigenvalue weighted by atomic mass is 9.96. The average molecular weight is 326 g/mol. The van der Waals surface area contributed by atoms with Crippen LogP contribution in [-0.4, -0.2) is 35.3 Å². The van der Waals surface area contributed by atoms with E-state index in [4.69, 9.17) is 11.6 Å². The first kappa shape index (κ1) is 17.0. The third kappa shape index (κ3) is 5.46. The molecule has 0 aliphatic heterocycles. The Kier molecular flexibility index (Phi) is 6.93. The van der Waals surface area contributed by atoms with Crippen molar-refractivity contribution in [3.63, 3.8) is 0 Å². The molecule has 22 heavy (non-hydrogen) atoms. The SMILES string of the molecule is O=C(NCCc1ccc(Cl)nc1)NC1CCCCCC1CO. The number of rotatable bonds is 5. The van der Waals surface area contributed by atoms with E-state index < -0.39 is 0 Å². The maximum absolute atomic E-state index is 12.0. The molecule has 1 fully saturated rings. The van der Waals surface area contributed by atoms with Crippen molar-refractivity contribution in [2.24, 2.45) is 5.92 Å². The van der Waals surface area contributed by atoms with Crippen molar-refractivity contribution in [2.75, 3.05) is 13.2 Å². The Bertz CT molecular complexity index is 467. The van der Waals surface area contributed by atoms with Crippen molar-refractivity contribution >= 4 is 17.6 Å². The van der Waals surface area contributed by atoms with Crippen molar-refractivity contribution in [1.29, 1.82) is 0 Å². The van der Waals surface area contributed by atoms with Crippen LogP contribution in [0.3, 0.4) is 0 Å². The first-order valence-corrected chi connectivity index (χ1v) is 8.32. The Balaban J connectivity index is 1.73. The van der Waals surface area contributed by atoms with Crippen LogP contribution in [0.1, 0.15) is 37.7 Å². The normalized spacial score (nSPS) is 21.9. The third-order valence-electron chi connectivity index (χ3n) is 4.20. The van der Waals surface area contributed by atoms with Gasteiger partial charge in [0.15, 0.2) is 0 Å². The molecule has 0 aromatic carbocycles. The van der Waals surface area contributed by atoms with Crippen molar-refractivity contribution < 1.29 is 9.90 Å². The van der Waals surface area contributed by atoms with Gasteiger partial charge in [-0.2, -0.15) is 0 Å². The number of aliphatic hydroxyl groups excluding tert-OH is 1. The number of aromatic nitrogens is 1. The molecule has 1 aromatic heterocycles. The van der Waals surface area contributed by atoms with Gasteiger partial charge in [0, 0.05) is 31.3 Å². The molecule has 122 valence electrons. The minimum absolute atomic E-state index is 0.0738. The third-order valence-corrected chi connectivity index (χ3v) is 4.42. The molecule has 1 aliphatic rings. The number of urea groups is 1. The zero-order valence-corrected chi connectivity index (χ0v) is 13.5. The molecule has 3 N–H and O–H groups in total. The average Bonchev–Trinajstić information content (AvgIpc) is 2.74.